The molecular weight excluding hydrogens is 264 g/mol. The predicted octanol–water partition coefficient (Wildman–Crippen LogP) is 1.94. The maximum absolute atomic E-state index is 11.6. The number of rotatable bonds is 3. The van der Waals surface area contributed by atoms with Crippen LogP contribution in [0.3, 0.4) is 0 Å². The minimum absolute atomic E-state index is 0.216. The molecule has 4 nitrogen and oxygen atoms in total. The van der Waals surface area contributed by atoms with Crippen LogP contribution in [0.4, 0.5) is 0 Å². The molecule has 0 saturated carbocycles. The van der Waals surface area contributed by atoms with E-state index in [1.807, 2.05) is 0 Å². The minimum atomic E-state index is -0.689. The van der Waals surface area contributed by atoms with Gasteiger partial charge in [-0.2, -0.15) is 0 Å². The van der Waals surface area contributed by atoms with E-state index in [1.54, 1.807) is 0 Å². The van der Waals surface area contributed by atoms with Crippen LogP contribution in [0, 0.1) is 0 Å². The highest BCUT2D eigenvalue weighted by atomic mass is 16.4. The molecule has 1 N–H and O–H groups in total. The summed E-state index contributed by atoms with van der Waals surface area (Å²) in [4.78, 5) is 16.3. The number of carbonyl (C=O) groups is 1. The van der Waals surface area contributed by atoms with Gasteiger partial charge in [-0.25, -0.2) is 0 Å². The van der Waals surface area contributed by atoms with E-state index < -0.39 is 5.97 Å². The van der Waals surface area contributed by atoms with Gasteiger partial charge < -0.3 is 10.0 Å². The number of carboxylic acid groups (broad SMARTS) is 1. The highest BCUT2D eigenvalue weighted by Gasteiger charge is 2.43. The normalized spacial score (nSPS) is 27.3. The summed E-state index contributed by atoms with van der Waals surface area (Å²) in [5.41, 5.74) is 2.29. The van der Waals surface area contributed by atoms with Gasteiger partial charge in [0.25, 0.3) is 0 Å². The van der Waals surface area contributed by atoms with Crippen LogP contribution in [-0.4, -0.2) is 54.1 Å². The molecule has 0 amide bonds. The van der Waals surface area contributed by atoms with Crippen molar-refractivity contribution in [3.8, 4) is 0 Å². The standard InChI is InChI=1S/C17H24N2O2/c1-18-9-11-19(12-10-18)17(13-16(20)21)8-4-6-14-5-2-3-7-15(14)17/h2-3,5,7H,4,6,8-13H2,1H3,(H,20,21). The fraction of sp³-hybridized carbons (Fsp3) is 0.588. The zero-order chi connectivity index (χ0) is 14.9. The van der Waals surface area contributed by atoms with Crippen molar-refractivity contribution in [2.75, 3.05) is 33.2 Å². The number of hydrogen-bond donors (Lipinski definition) is 1. The molecule has 1 unspecified atom stereocenters. The molecule has 1 aromatic rings. The fourth-order valence-corrected chi connectivity index (χ4v) is 4.01. The molecule has 1 aliphatic heterocycles. The maximum atomic E-state index is 11.6. The third kappa shape index (κ3) is 2.70. The summed E-state index contributed by atoms with van der Waals surface area (Å²) in [5, 5.41) is 9.50. The molecule has 1 atom stereocenters. The average Bonchev–Trinajstić information content (AvgIpc) is 2.47. The van der Waals surface area contributed by atoms with E-state index in [0.717, 1.165) is 45.4 Å². The lowest BCUT2D eigenvalue weighted by molar-refractivity contribution is -0.141. The fourth-order valence-electron chi connectivity index (χ4n) is 4.01. The Balaban J connectivity index is 2.00. The van der Waals surface area contributed by atoms with E-state index in [-0.39, 0.29) is 12.0 Å². The average molecular weight is 288 g/mol. The van der Waals surface area contributed by atoms with Crippen molar-refractivity contribution in [3.63, 3.8) is 0 Å². The first-order valence-electron chi connectivity index (χ1n) is 7.86. The molecule has 1 aliphatic carbocycles. The van der Waals surface area contributed by atoms with Crippen LogP contribution >= 0.6 is 0 Å². The monoisotopic (exact) mass is 288 g/mol. The van der Waals surface area contributed by atoms with Crippen LogP contribution in [-0.2, 0) is 16.8 Å². The number of carboxylic acids is 1. The van der Waals surface area contributed by atoms with Gasteiger partial charge in [0.2, 0.25) is 0 Å². The van der Waals surface area contributed by atoms with Gasteiger partial charge in [-0.3, -0.25) is 9.69 Å². The summed E-state index contributed by atoms with van der Waals surface area (Å²) >= 11 is 0. The third-order valence-corrected chi connectivity index (χ3v) is 5.11. The summed E-state index contributed by atoms with van der Waals surface area (Å²) in [6.45, 7) is 3.95. The zero-order valence-corrected chi connectivity index (χ0v) is 12.7. The molecule has 1 heterocycles. The lowest BCUT2D eigenvalue weighted by Gasteiger charge is -2.49. The van der Waals surface area contributed by atoms with E-state index in [0.29, 0.717) is 0 Å². The van der Waals surface area contributed by atoms with Gasteiger partial charge in [-0.1, -0.05) is 24.3 Å². The van der Waals surface area contributed by atoms with Crippen LogP contribution in [0.5, 0.6) is 0 Å². The topological polar surface area (TPSA) is 43.8 Å². The van der Waals surface area contributed by atoms with Crippen LogP contribution < -0.4 is 0 Å². The van der Waals surface area contributed by atoms with Crippen molar-refractivity contribution in [1.82, 2.24) is 9.80 Å². The summed E-state index contributed by atoms with van der Waals surface area (Å²) in [6.07, 6.45) is 3.33. The Hall–Kier alpha value is -1.39. The quantitative estimate of drug-likeness (QED) is 0.923. The number of fused-ring (bicyclic) bond motifs is 1. The lowest BCUT2D eigenvalue weighted by atomic mass is 9.73. The molecular formula is C17H24N2O2. The van der Waals surface area contributed by atoms with Gasteiger partial charge in [-0.05, 0) is 37.4 Å². The SMILES string of the molecule is CN1CCN(C2(CC(=O)O)CCCc3ccccc32)CC1. The smallest absolute Gasteiger partial charge is 0.305 e. The summed E-state index contributed by atoms with van der Waals surface area (Å²) in [7, 11) is 2.13. The van der Waals surface area contributed by atoms with Crippen LogP contribution in [0.25, 0.3) is 0 Å². The molecule has 21 heavy (non-hydrogen) atoms. The lowest BCUT2D eigenvalue weighted by Crippen LogP contribution is -2.56. The molecule has 1 aromatic carbocycles. The maximum Gasteiger partial charge on any atom is 0.305 e. The molecule has 1 saturated heterocycles. The van der Waals surface area contributed by atoms with Crippen molar-refractivity contribution < 1.29 is 9.90 Å². The number of nitrogens with zero attached hydrogens (tertiary/aromatic N) is 2. The van der Waals surface area contributed by atoms with E-state index in [4.69, 9.17) is 0 Å². The second-order valence-electron chi connectivity index (χ2n) is 6.40. The number of aryl methyl sites for hydroxylation is 1. The summed E-state index contributed by atoms with van der Waals surface area (Å²) < 4.78 is 0. The highest BCUT2D eigenvalue weighted by molar-refractivity contribution is 5.69. The van der Waals surface area contributed by atoms with Crippen molar-refractivity contribution >= 4 is 5.97 Å². The van der Waals surface area contributed by atoms with Crippen LogP contribution in [0.1, 0.15) is 30.4 Å². The van der Waals surface area contributed by atoms with E-state index in [2.05, 4.69) is 41.1 Å². The zero-order valence-electron chi connectivity index (χ0n) is 12.7. The Morgan fingerprint density at radius 2 is 1.95 bits per heavy atom. The molecule has 0 aromatic heterocycles. The minimum Gasteiger partial charge on any atom is -0.481 e. The van der Waals surface area contributed by atoms with Crippen LogP contribution in [0.2, 0.25) is 0 Å². The first-order valence-corrected chi connectivity index (χ1v) is 7.86. The van der Waals surface area contributed by atoms with Crippen molar-refractivity contribution in [3.05, 3.63) is 35.4 Å². The van der Waals surface area contributed by atoms with Crippen molar-refractivity contribution in [2.24, 2.45) is 0 Å². The molecule has 2 aliphatic rings. The van der Waals surface area contributed by atoms with E-state index in [9.17, 15) is 9.90 Å². The first kappa shape index (κ1) is 14.5. The van der Waals surface area contributed by atoms with Crippen LogP contribution in [0.15, 0.2) is 24.3 Å². The Labute approximate surface area is 126 Å². The van der Waals surface area contributed by atoms with Crippen molar-refractivity contribution in [1.29, 1.82) is 0 Å². The second-order valence-corrected chi connectivity index (χ2v) is 6.40. The Morgan fingerprint density at radius 1 is 1.24 bits per heavy atom. The Morgan fingerprint density at radius 3 is 2.67 bits per heavy atom. The molecule has 1 fully saturated rings. The molecule has 4 heteroatoms. The number of likely N-dealkylation sites (N-methyl/N-ethyl adjacent to an activating group) is 1. The number of benzene rings is 1. The second kappa shape index (κ2) is 5.78. The molecule has 114 valence electrons. The van der Waals surface area contributed by atoms with Crippen molar-refractivity contribution in [2.45, 2.75) is 31.2 Å². The van der Waals surface area contributed by atoms with Gasteiger partial charge in [-0.15, -0.1) is 0 Å². The van der Waals surface area contributed by atoms with Gasteiger partial charge in [0, 0.05) is 26.2 Å². The summed E-state index contributed by atoms with van der Waals surface area (Å²) in [6, 6.07) is 8.44. The first-order chi connectivity index (χ1) is 10.1. The number of piperazine rings is 1. The van der Waals surface area contributed by atoms with Gasteiger partial charge >= 0.3 is 5.97 Å². The van der Waals surface area contributed by atoms with Gasteiger partial charge in [0.15, 0.2) is 0 Å². The van der Waals surface area contributed by atoms with Gasteiger partial charge in [0.1, 0.15) is 0 Å². The number of hydrogen-bond acceptors (Lipinski definition) is 3. The molecule has 0 radical (unpaired) electrons. The predicted molar refractivity (Wildman–Crippen MR) is 82.4 cm³/mol. The molecule has 0 bridgehead atoms. The van der Waals surface area contributed by atoms with E-state index >= 15 is 0 Å². The highest BCUT2D eigenvalue weighted by Crippen LogP contribution is 2.43. The number of aliphatic carboxylic acids is 1. The van der Waals surface area contributed by atoms with Gasteiger partial charge in [0.05, 0.1) is 12.0 Å². The summed E-state index contributed by atoms with van der Waals surface area (Å²) in [5.74, 6) is -0.689. The molecule has 3 rings (SSSR count). The molecule has 0 spiro atoms. The largest absolute Gasteiger partial charge is 0.481 e. The third-order valence-electron chi connectivity index (χ3n) is 5.11. The Bertz CT molecular complexity index is 523. The van der Waals surface area contributed by atoms with E-state index in [1.165, 1.54) is 11.1 Å². The Kier molecular flexibility index (Phi) is 4.00.